The quantitative estimate of drug-likeness (QED) is 0.722. The molecule has 0 N–H and O–H groups in total. The molecule has 1 nitrogen and oxygen atoms in total. The molecule has 0 radical (unpaired) electrons. The van der Waals surface area contributed by atoms with Crippen molar-refractivity contribution in [3.63, 3.8) is 0 Å². The SMILES string of the molecule is Fc1cccc(Sc2ccccc2F)n1. The van der Waals surface area contributed by atoms with E-state index in [-0.39, 0.29) is 5.82 Å². The Morgan fingerprint density at radius 2 is 1.73 bits per heavy atom. The van der Waals surface area contributed by atoms with Crippen LogP contribution in [0.5, 0.6) is 0 Å². The van der Waals surface area contributed by atoms with Gasteiger partial charge in [-0.15, -0.1) is 0 Å². The molecule has 76 valence electrons. The first kappa shape index (κ1) is 10.1. The van der Waals surface area contributed by atoms with E-state index in [1.165, 1.54) is 12.1 Å². The van der Waals surface area contributed by atoms with Crippen molar-refractivity contribution < 1.29 is 8.78 Å². The Morgan fingerprint density at radius 3 is 2.47 bits per heavy atom. The Kier molecular flexibility index (Phi) is 2.97. The van der Waals surface area contributed by atoms with Crippen molar-refractivity contribution >= 4 is 11.8 Å². The lowest BCUT2D eigenvalue weighted by atomic mass is 10.3. The minimum atomic E-state index is -0.559. The summed E-state index contributed by atoms with van der Waals surface area (Å²) in [5.74, 6) is -0.884. The summed E-state index contributed by atoms with van der Waals surface area (Å²) >= 11 is 1.10. The molecule has 2 aromatic rings. The van der Waals surface area contributed by atoms with Gasteiger partial charge in [0.15, 0.2) is 0 Å². The summed E-state index contributed by atoms with van der Waals surface area (Å²) in [5, 5.41) is 0.445. The molecule has 0 saturated carbocycles. The first-order valence-electron chi connectivity index (χ1n) is 4.30. The summed E-state index contributed by atoms with van der Waals surface area (Å²) in [5.41, 5.74) is 0. The second-order valence-corrected chi connectivity index (χ2v) is 3.89. The molecule has 0 spiro atoms. The van der Waals surface area contributed by atoms with Gasteiger partial charge in [0.1, 0.15) is 10.8 Å². The van der Waals surface area contributed by atoms with Gasteiger partial charge in [0.2, 0.25) is 5.95 Å². The fourth-order valence-electron chi connectivity index (χ4n) is 1.09. The molecule has 0 fully saturated rings. The Morgan fingerprint density at radius 1 is 0.933 bits per heavy atom. The molecule has 4 heteroatoms. The minimum absolute atomic E-state index is 0.325. The second-order valence-electron chi connectivity index (χ2n) is 2.83. The zero-order chi connectivity index (χ0) is 10.7. The number of aromatic nitrogens is 1. The Bertz CT molecular complexity index is 474. The largest absolute Gasteiger partial charge is 0.213 e. The Labute approximate surface area is 90.2 Å². The fraction of sp³-hybridized carbons (Fsp3) is 0. The van der Waals surface area contributed by atoms with E-state index in [0.717, 1.165) is 11.8 Å². The third-order valence-electron chi connectivity index (χ3n) is 1.74. The van der Waals surface area contributed by atoms with Crippen molar-refractivity contribution in [3.8, 4) is 0 Å². The van der Waals surface area contributed by atoms with E-state index in [2.05, 4.69) is 4.98 Å². The van der Waals surface area contributed by atoms with Crippen LogP contribution < -0.4 is 0 Å². The van der Waals surface area contributed by atoms with Crippen LogP contribution in [0, 0.1) is 11.8 Å². The highest BCUT2D eigenvalue weighted by Crippen LogP contribution is 2.27. The highest BCUT2D eigenvalue weighted by molar-refractivity contribution is 7.99. The Balaban J connectivity index is 2.26. The van der Waals surface area contributed by atoms with Gasteiger partial charge in [-0.2, -0.15) is 4.39 Å². The minimum Gasteiger partial charge on any atom is -0.213 e. The molecule has 0 aliphatic heterocycles. The molecule has 1 aromatic carbocycles. The maximum atomic E-state index is 13.2. The van der Waals surface area contributed by atoms with Gasteiger partial charge in [-0.3, -0.25) is 0 Å². The van der Waals surface area contributed by atoms with E-state index in [9.17, 15) is 8.78 Å². The zero-order valence-corrected chi connectivity index (χ0v) is 8.47. The summed E-state index contributed by atoms with van der Waals surface area (Å²) in [4.78, 5) is 4.08. The second kappa shape index (κ2) is 4.40. The van der Waals surface area contributed by atoms with Crippen LogP contribution >= 0.6 is 11.8 Å². The summed E-state index contributed by atoms with van der Waals surface area (Å²) < 4.78 is 26.0. The molecule has 0 amide bonds. The predicted octanol–water partition coefficient (Wildman–Crippen LogP) is 3.51. The summed E-state index contributed by atoms with van der Waals surface area (Å²) in [6.45, 7) is 0. The van der Waals surface area contributed by atoms with Crippen molar-refractivity contribution in [1.82, 2.24) is 4.98 Å². The average molecular weight is 223 g/mol. The van der Waals surface area contributed by atoms with E-state index in [1.54, 1.807) is 30.3 Å². The molecule has 0 atom stereocenters. The number of rotatable bonds is 2. The number of hydrogen-bond acceptors (Lipinski definition) is 2. The Hall–Kier alpha value is -1.42. The van der Waals surface area contributed by atoms with Gasteiger partial charge in [0, 0.05) is 4.90 Å². The molecule has 0 aliphatic rings. The van der Waals surface area contributed by atoms with Gasteiger partial charge in [-0.25, -0.2) is 9.37 Å². The summed E-state index contributed by atoms with van der Waals surface area (Å²) in [6.07, 6.45) is 0. The van der Waals surface area contributed by atoms with E-state index in [0.29, 0.717) is 9.92 Å². The molecule has 0 unspecified atom stereocenters. The molecular formula is C11H7F2NS. The summed E-state index contributed by atoms with van der Waals surface area (Å²) in [7, 11) is 0. The zero-order valence-electron chi connectivity index (χ0n) is 7.65. The van der Waals surface area contributed by atoms with Crippen molar-refractivity contribution in [1.29, 1.82) is 0 Å². The molecular weight excluding hydrogens is 216 g/mol. The van der Waals surface area contributed by atoms with Crippen molar-refractivity contribution in [2.24, 2.45) is 0 Å². The lowest BCUT2D eigenvalue weighted by Crippen LogP contribution is -1.85. The van der Waals surface area contributed by atoms with Crippen LogP contribution in [-0.2, 0) is 0 Å². The standard InChI is InChI=1S/C11H7F2NS/c12-8-4-1-2-5-9(8)15-11-7-3-6-10(13)14-11/h1-7H. The lowest BCUT2D eigenvalue weighted by molar-refractivity contribution is 0.571. The fourth-order valence-corrected chi connectivity index (χ4v) is 1.90. The number of halogens is 2. The number of pyridine rings is 1. The van der Waals surface area contributed by atoms with Crippen LogP contribution in [-0.4, -0.2) is 4.98 Å². The van der Waals surface area contributed by atoms with Gasteiger partial charge in [0.25, 0.3) is 0 Å². The maximum Gasteiger partial charge on any atom is 0.213 e. The third kappa shape index (κ3) is 2.53. The predicted molar refractivity (Wildman–Crippen MR) is 54.7 cm³/mol. The van der Waals surface area contributed by atoms with Crippen molar-refractivity contribution in [2.45, 2.75) is 9.92 Å². The van der Waals surface area contributed by atoms with Gasteiger partial charge >= 0.3 is 0 Å². The monoisotopic (exact) mass is 223 g/mol. The van der Waals surface area contributed by atoms with Gasteiger partial charge in [0.05, 0.1) is 0 Å². The number of benzene rings is 1. The highest BCUT2D eigenvalue weighted by atomic mass is 32.2. The van der Waals surface area contributed by atoms with Crippen LogP contribution in [0.1, 0.15) is 0 Å². The first-order valence-corrected chi connectivity index (χ1v) is 5.12. The third-order valence-corrected chi connectivity index (χ3v) is 2.73. The van der Waals surface area contributed by atoms with Crippen LogP contribution in [0.15, 0.2) is 52.4 Å². The van der Waals surface area contributed by atoms with Gasteiger partial charge < -0.3 is 0 Å². The highest BCUT2D eigenvalue weighted by Gasteiger charge is 2.04. The average Bonchev–Trinajstić information content (AvgIpc) is 2.22. The molecule has 15 heavy (non-hydrogen) atoms. The van der Waals surface area contributed by atoms with Crippen LogP contribution in [0.25, 0.3) is 0 Å². The smallest absolute Gasteiger partial charge is 0.213 e. The normalized spacial score (nSPS) is 10.3. The molecule has 1 aromatic heterocycles. The number of nitrogens with zero attached hydrogens (tertiary/aromatic N) is 1. The van der Waals surface area contributed by atoms with E-state index < -0.39 is 5.95 Å². The van der Waals surface area contributed by atoms with Crippen LogP contribution in [0.4, 0.5) is 8.78 Å². The molecule has 0 bridgehead atoms. The lowest BCUT2D eigenvalue weighted by Gasteiger charge is -2.01. The van der Waals surface area contributed by atoms with Crippen molar-refractivity contribution in [3.05, 3.63) is 54.2 Å². The van der Waals surface area contributed by atoms with E-state index in [1.807, 2.05) is 0 Å². The van der Waals surface area contributed by atoms with Gasteiger partial charge in [-0.05, 0) is 24.3 Å². The van der Waals surface area contributed by atoms with Crippen LogP contribution in [0.2, 0.25) is 0 Å². The molecule has 0 aliphatic carbocycles. The molecule has 1 heterocycles. The maximum absolute atomic E-state index is 13.2. The number of hydrogen-bond donors (Lipinski definition) is 0. The van der Waals surface area contributed by atoms with Crippen molar-refractivity contribution in [2.75, 3.05) is 0 Å². The van der Waals surface area contributed by atoms with E-state index >= 15 is 0 Å². The summed E-state index contributed by atoms with van der Waals surface area (Å²) in [6, 6.07) is 10.8. The first-order chi connectivity index (χ1) is 7.25. The molecule has 2 rings (SSSR count). The topological polar surface area (TPSA) is 12.9 Å². The van der Waals surface area contributed by atoms with E-state index in [4.69, 9.17) is 0 Å². The van der Waals surface area contributed by atoms with Gasteiger partial charge in [-0.1, -0.05) is 30.0 Å². The molecule has 0 saturated heterocycles. The van der Waals surface area contributed by atoms with Crippen LogP contribution in [0.3, 0.4) is 0 Å².